The van der Waals surface area contributed by atoms with Crippen molar-refractivity contribution in [2.24, 2.45) is 0 Å². The van der Waals surface area contributed by atoms with Crippen LogP contribution in [0.2, 0.25) is 0 Å². The van der Waals surface area contributed by atoms with Crippen LogP contribution in [0.5, 0.6) is 5.75 Å². The third-order valence-corrected chi connectivity index (χ3v) is 6.58. The highest BCUT2D eigenvalue weighted by atomic mass is 32.2. The summed E-state index contributed by atoms with van der Waals surface area (Å²) in [6.07, 6.45) is 0. The Hall–Kier alpha value is -1.85. The Balaban J connectivity index is 2.43. The smallest absolute Gasteiger partial charge is 0.243 e. The summed E-state index contributed by atoms with van der Waals surface area (Å²) in [5, 5.41) is 0. The van der Waals surface area contributed by atoms with Crippen molar-refractivity contribution in [3.63, 3.8) is 0 Å². The van der Waals surface area contributed by atoms with Gasteiger partial charge in [0.05, 0.1) is 12.0 Å². The summed E-state index contributed by atoms with van der Waals surface area (Å²) in [6.45, 7) is 7.93. The number of sulfonamides is 1. The predicted molar refractivity (Wildman–Crippen MR) is 97.0 cm³/mol. The van der Waals surface area contributed by atoms with E-state index >= 15 is 0 Å². The molecule has 0 saturated carbocycles. The summed E-state index contributed by atoms with van der Waals surface area (Å²) < 4.78 is 32.9. The Labute approximate surface area is 145 Å². The molecule has 0 amide bonds. The van der Waals surface area contributed by atoms with Crippen molar-refractivity contribution < 1.29 is 13.2 Å². The molecular weight excluding hydrogens is 322 g/mol. The summed E-state index contributed by atoms with van der Waals surface area (Å²) in [6, 6.07) is 9.49. The summed E-state index contributed by atoms with van der Waals surface area (Å²) in [5.41, 5.74) is 4.50. The van der Waals surface area contributed by atoms with Crippen LogP contribution in [0.25, 0.3) is 0 Å². The van der Waals surface area contributed by atoms with E-state index in [1.807, 2.05) is 58.0 Å². The van der Waals surface area contributed by atoms with Crippen molar-refractivity contribution >= 4 is 10.0 Å². The monoisotopic (exact) mass is 347 g/mol. The van der Waals surface area contributed by atoms with Crippen molar-refractivity contribution in [2.75, 3.05) is 14.2 Å². The van der Waals surface area contributed by atoms with Crippen molar-refractivity contribution in [3.05, 3.63) is 58.1 Å². The molecule has 0 spiro atoms. The summed E-state index contributed by atoms with van der Waals surface area (Å²) >= 11 is 0. The van der Waals surface area contributed by atoms with Crippen molar-refractivity contribution in [3.8, 4) is 5.75 Å². The molecule has 0 bridgehead atoms. The lowest BCUT2D eigenvalue weighted by molar-refractivity contribution is 0.412. The number of ether oxygens (including phenoxy) is 1. The van der Waals surface area contributed by atoms with Gasteiger partial charge in [0.2, 0.25) is 10.0 Å². The SMILES string of the molecule is COc1cccc(CN(C)S(=O)(=O)c2c(C)c(C)cc(C)c2C)c1. The molecule has 0 N–H and O–H groups in total. The highest BCUT2D eigenvalue weighted by Gasteiger charge is 2.26. The second-order valence-corrected chi connectivity index (χ2v) is 8.18. The summed E-state index contributed by atoms with van der Waals surface area (Å²) in [7, 11) is -0.355. The molecule has 0 radical (unpaired) electrons. The molecule has 2 aromatic carbocycles. The first-order valence-electron chi connectivity index (χ1n) is 7.85. The van der Waals surface area contributed by atoms with Crippen molar-refractivity contribution in [1.82, 2.24) is 4.31 Å². The van der Waals surface area contributed by atoms with Gasteiger partial charge in [-0.3, -0.25) is 0 Å². The van der Waals surface area contributed by atoms with Crippen molar-refractivity contribution in [2.45, 2.75) is 39.1 Å². The van der Waals surface area contributed by atoms with Gasteiger partial charge in [-0.1, -0.05) is 18.2 Å². The average Bonchev–Trinajstić information content (AvgIpc) is 2.53. The third kappa shape index (κ3) is 3.47. The Morgan fingerprint density at radius 1 is 1.00 bits per heavy atom. The molecule has 0 aliphatic carbocycles. The Morgan fingerprint density at radius 3 is 2.12 bits per heavy atom. The summed E-state index contributed by atoms with van der Waals surface area (Å²) in [5.74, 6) is 0.719. The maximum atomic E-state index is 13.1. The highest BCUT2D eigenvalue weighted by molar-refractivity contribution is 7.89. The van der Waals surface area contributed by atoms with Crippen LogP contribution in [-0.4, -0.2) is 26.9 Å². The van der Waals surface area contributed by atoms with Gasteiger partial charge >= 0.3 is 0 Å². The van der Waals surface area contributed by atoms with E-state index in [-0.39, 0.29) is 0 Å². The van der Waals surface area contributed by atoms with Crippen LogP contribution in [0.4, 0.5) is 0 Å². The Bertz CT molecular complexity index is 831. The lowest BCUT2D eigenvalue weighted by Crippen LogP contribution is -2.28. The number of rotatable bonds is 5. The van der Waals surface area contributed by atoms with E-state index < -0.39 is 10.0 Å². The minimum absolute atomic E-state index is 0.297. The van der Waals surface area contributed by atoms with Gasteiger partial charge in [-0.15, -0.1) is 0 Å². The van der Waals surface area contributed by atoms with Crippen LogP contribution in [0.1, 0.15) is 27.8 Å². The Kier molecular flexibility index (Phi) is 5.35. The topological polar surface area (TPSA) is 46.6 Å². The second-order valence-electron chi connectivity index (χ2n) is 6.20. The molecule has 0 aromatic heterocycles. The Morgan fingerprint density at radius 2 is 1.58 bits per heavy atom. The van der Waals surface area contributed by atoms with E-state index in [1.54, 1.807) is 14.2 Å². The number of methoxy groups -OCH3 is 1. The van der Waals surface area contributed by atoms with Gasteiger partial charge in [-0.25, -0.2) is 8.42 Å². The molecule has 4 nitrogen and oxygen atoms in total. The van der Waals surface area contributed by atoms with E-state index in [4.69, 9.17) is 4.74 Å². The second kappa shape index (κ2) is 6.95. The number of hydrogen-bond donors (Lipinski definition) is 0. The van der Waals surface area contributed by atoms with Gasteiger partial charge in [0.1, 0.15) is 5.75 Å². The van der Waals surface area contributed by atoms with E-state index in [2.05, 4.69) is 0 Å². The van der Waals surface area contributed by atoms with Gasteiger partial charge in [0.25, 0.3) is 0 Å². The molecule has 0 aliphatic rings. The fourth-order valence-electron chi connectivity index (χ4n) is 2.84. The van der Waals surface area contributed by atoms with E-state index in [0.717, 1.165) is 33.6 Å². The first kappa shape index (κ1) is 18.5. The highest BCUT2D eigenvalue weighted by Crippen LogP contribution is 2.29. The van der Waals surface area contributed by atoms with Gasteiger partial charge in [-0.2, -0.15) is 4.31 Å². The molecule has 0 saturated heterocycles. The van der Waals surface area contributed by atoms with Gasteiger partial charge < -0.3 is 4.74 Å². The molecule has 2 aromatic rings. The minimum atomic E-state index is -3.57. The number of nitrogens with zero attached hydrogens (tertiary/aromatic N) is 1. The molecule has 0 unspecified atom stereocenters. The molecule has 0 aliphatic heterocycles. The summed E-state index contributed by atoms with van der Waals surface area (Å²) in [4.78, 5) is 0.422. The molecule has 2 rings (SSSR count). The molecule has 130 valence electrons. The van der Waals surface area contributed by atoms with Crippen molar-refractivity contribution in [1.29, 1.82) is 0 Å². The maximum absolute atomic E-state index is 13.1. The van der Waals surface area contributed by atoms with Crippen LogP contribution in [0, 0.1) is 27.7 Å². The largest absolute Gasteiger partial charge is 0.497 e. The molecule has 0 atom stereocenters. The first-order valence-corrected chi connectivity index (χ1v) is 9.29. The number of benzene rings is 2. The normalized spacial score (nSPS) is 11.8. The minimum Gasteiger partial charge on any atom is -0.497 e. The van der Waals surface area contributed by atoms with Gasteiger partial charge in [0, 0.05) is 13.6 Å². The standard InChI is InChI=1S/C19H25NO3S/c1-13-10-14(2)16(4)19(15(13)3)24(21,22)20(5)12-17-8-7-9-18(11-17)23-6/h7-11H,12H2,1-6H3. The maximum Gasteiger partial charge on any atom is 0.243 e. The number of aryl methyl sites for hydroxylation is 2. The van der Waals surface area contributed by atoms with Crippen LogP contribution >= 0.6 is 0 Å². The molecular formula is C19H25NO3S. The lowest BCUT2D eigenvalue weighted by atomic mass is 10.0. The predicted octanol–water partition coefficient (Wildman–Crippen LogP) is 3.75. The molecule has 0 heterocycles. The third-order valence-electron chi connectivity index (χ3n) is 4.50. The lowest BCUT2D eigenvalue weighted by Gasteiger charge is -2.22. The molecule has 0 fully saturated rings. The van der Waals surface area contributed by atoms with Crippen LogP contribution in [0.15, 0.2) is 35.2 Å². The average molecular weight is 347 g/mol. The van der Waals surface area contributed by atoms with Crippen LogP contribution < -0.4 is 4.74 Å². The quantitative estimate of drug-likeness (QED) is 0.827. The number of hydrogen-bond acceptors (Lipinski definition) is 3. The zero-order valence-electron chi connectivity index (χ0n) is 15.2. The van der Waals surface area contributed by atoms with E-state index in [9.17, 15) is 8.42 Å². The van der Waals surface area contributed by atoms with Gasteiger partial charge in [-0.05, 0) is 67.6 Å². The van der Waals surface area contributed by atoms with Gasteiger partial charge in [0.15, 0.2) is 0 Å². The molecule has 5 heteroatoms. The van der Waals surface area contributed by atoms with E-state index in [0.29, 0.717) is 11.4 Å². The zero-order chi connectivity index (χ0) is 18.1. The fraction of sp³-hybridized carbons (Fsp3) is 0.368. The van der Waals surface area contributed by atoms with Crippen LogP contribution in [0.3, 0.4) is 0 Å². The van der Waals surface area contributed by atoms with E-state index in [1.165, 1.54) is 4.31 Å². The zero-order valence-corrected chi connectivity index (χ0v) is 16.0. The first-order chi connectivity index (χ1) is 11.2. The fourth-order valence-corrected chi connectivity index (χ4v) is 4.56. The molecule has 24 heavy (non-hydrogen) atoms. The van der Waals surface area contributed by atoms with Crippen LogP contribution in [-0.2, 0) is 16.6 Å².